The van der Waals surface area contributed by atoms with Crippen molar-refractivity contribution in [1.82, 2.24) is 10.3 Å². The van der Waals surface area contributed by atoms with Gasteiger partial charge in [0.2, 0.25) is 5.91 Å². The molecule has 0 atom stereocenters. The maximum Gasteiger partial charge on any atom is 0.340 e. The van der Waals surface area contributed by atoms with Gasteiger partial charge in [-0.25, -0.2) is 9.78 Å². The van der Waals surface area contributed by atoms with Crippen LogP contribution in [-0.2, 0) is 16.1 Å². The van der Waals surface area contributed by atoms with Crippen molar-refractivity contribution in [3.8, 4) is 6.07 Å². The molecule has 0 aliphatic heterocycles. The number of hydrogen-bond acceptors (Lipinski definition) is 6. The van der Waals surface area contributed by atoms with E-state index in [1.165, 1.54) is 6.07 Å². The lowest BCUT2D eigenvalue weighted by Crippen LogP contribution is -2.24. The molecular weight excluding hydrogens is 386 g/mol. The Morgan fingerprint density at radius 1 is 1.37 bits per heavy atom. The van der Waals surface area contributed by atoms with Crippen LogP contribution in [0.2, 0.25) is 5.02 Å². The summed E-state index contributed by atoms with van der Waals surface area (Å²) in [4.78, 5) is 28.3. The van der Waals surface area contributed by atoms with Gasteiger partial charge in [0, 0.05) is 11.6 Å². The van der Waals surface area contributed by atoms with Crippen LogP contribution in [0.5, 0.6) is 0 Å². The van der Waals surface area contributed by atoms with E-state index in [-0.39, 0.29) is 29.4 Å². The number of carbonyl (C=O) groups excluding carboxylic acids is 2. The maximum atomic E-state index is 12.1. The van der Waals surface area contributed by atoms with Crippen molar-refractivity contribution in [3.05, 3.63) is 57.7 Å². The third-order valence-corrected chi connectivity index (χ3v) is 4.93. The number of hydrogen-bond donors (Lipinski definition) is 1. The largest absolute Gasteiger partial charge is 0.462 e. The van der Waals surface area contributed by atoms with Crippen LogP contribution in [0.25, 0.3) is 0 Å². The van der Waals surface area contributed by atoms with Crippen LogP contribution in [0.1, 0.15) is 34.1 Å². The average Bonchev–Trinajstić information content (AvgIpc) is 2.65. The normalized spacial score (nSPS) is 10.1. The van der Waals surface area contributed by atoms with Crippen molar-refractivity contribution in [2.45, 2.75) is 25.4 Å². The Kier molecular flexibility index (Phi) is 7.65. The number of thioether (sulfide) groups is 1. The SMILES string of the molecule is CCOC(=O)c1cc(C#N)c(SCC(=O)NCc2ccccc2Cl)nc1C. The minimum absolute atomic E-state index is 0.0876. The minimum atomic E-state index is -0.520. The van der Waals surface area contributed by atoms with Gasteiger partial charge in [-0.2, -0.15) is 5.26 Å². The number of ether oxygens (including phenoxy) is 1. The summed E-state index contributed by atoms with van der Waals surface area (Å²) in [5.74, 6) is -0.643. The summed E-state index contributed by atoms with van der Waals surface area (Å²) in [6, 6.07) is 10.7. The summed E-state index contributed by atoms with van der Waals surface area (Å²) < 4.78 is 4.96. The van der Waals surface area contributed by atoms with Crippen LogP contribution in [0.3, 0.4) is 0 Å². The van der Waals surface area contributed by atoms with Gasteiger partial charge in [-0.05, 0) is 31.5 Å². The van der Waals surface area contributed by atoms with Gasteiger partial charge in [0.25, 0.3) is 0 Å². The number of nitrogens with zero attached hydrogens (tertiary/aromatic N) is 2. The molecule has 1 aromatic carbocycles. The maximum absolute atomic E-state index is 12.1. The first kappa shape index (κ1) is 20.7. The van der Waals surface area contributed by atoms with E-state index in [0.717, 1.165) is 17.3 Å². The number of rotatable bonds is 7. The molecule has 2 aromatic rings. The molecule has 6 nitrogen and oxygen atoms in total. The van der Waals surface area contributed by atoms with Crippen molar-refractivity contribution in [1.29, 1.82) is 5.26 Å². The molecule has 8 heteroatoms. The van der Waals surface area contributed by atoms with E-state index < -0.39 is 5.97 Å². The second-order valence-corrected chi connectivity index (χ2v) is 6.83. The number of aromatic nitrogens is 1. The number of pyridine rings is 1. The highest BCUT2D eigenvalue weighted by molar-refractivity contribution is 8.00. The lowest BCUT2D eigenvalue weighted by atomic mass is 10.1. The van der Waals surface area contributed by atoms with Gasteiger partial charge >= 0.3 is 5.97 Å². The number of esters is 1. The van der Waals surface area contributed by atoms with Crippen LogP contribution in [-0.4, -0.2) is 29.2 Å². The Morgan fingerprint density at radius 3 is 2.78 bits per heavy atom. The minimum Gasteiger partial charge on any atom is -0.462 e. The van der Waals surface area contributed by atoms with E-state index in [2.05, 4.69) is 10.3 Å². The fraction of sp³-hybridized carbons (Fsp3) is 0.263. The average molecular weight is 404 g/mol. The third-order valence-electron chi connectivity index (χ3n) is 3.57. The number of carbonyl (C=O) groups is 2. The summed E-state index contributed by atoms with van der Waals surface area (Å²) in [5, 5.41) is 13.1. The van der Waals surface area contributed by atoms with E-state index in [0.29, 0.717) is 22.3 Å². The topological polar surface area (TPSA) is 92.1 Å². The fourth-order valence-corrected chi connectivity index (χ4v) is 3.24. The molecule has 0 unspecified atom stereocenters. The Labute approximate surface area is 166 Å². The number of aryl methyl sites for hydroxylation is 1. The van der Waals surface area contributed by atoms with Crippen LogP contribution in [0.15, 0.2) is 35.4 Å². The number of nitrogens with one attached hydrogen (secondary N) is 1. The lowest BCUT2D eigenvalue weighted by molar-refractivity contribution is -0.118. The van der Waals surface area contributed by atoms with Crippen LogP contribution < -0.4 is 5.32 Å². The number of nitriles is 1. The van der Waals surface area contributed by atoms with Gasteiger partial charge in [-0.3, -0.25) is 4.79 Å². The Balaban J connectivity index is 2.01. The second kappa shape index (κ2) is 9.95. The molecule has 0 aliphatic rings. The lowest BCUT2D eigenvalue weighted by Gasteiger charge is -2.10. The molecular formula is C19H18ClN3O3S. The second-order valence-electron chi connectivity index (χ2n) is 5.46. The van der Waals surface area contributed by atoms with Gasteiger partial charge in [0.05, 0.1) is 29.2 Å². The molecule has 1 aromatic heterocycles. The van der Waals surface area contributed by atoms with Crippen molar-refractivity contribution >= 4 is 35.2 Å². The molecule has 140 valence electrons. The molecule has 0 spiro atoms. The van der Waals surface area contributed by atoms with E-state index in [4.69, 9.17) is 16.3 Å². The van der Waals surface area contributed by atoms with Crippen molar-refractivity contribution in [3.63, 3.8) is 0 Å². The van der Waals surface area contributed by atoms with Crippen molar-refractivity contribution in [2.24, 2.45) is 0 Å². The highest BCUT2D eigenvalue weighted by Crippen LogP contribution is 2.23. The molecule has 1 N–H and O–H groups in total. The standard InChI is InChI=1S/C19H18ClN3O3S/c1-3-26-19(25)15-8-14(9-21)18(23-12(15)2)27-11-17(24)22-10-13-6-4-5-7-16(13)20/h4-8H,3,10-11H2,1-2H3,(H,22,24). The zero-order chi connectivity index (χ0) is 19.8. The number of benzene rings is 1. The Hall–Kier alpha value is -2.56. The van der Waals surface area contributed by atoms with E-state index in [1.807, 2.05) is 24.3 Å². The summed E-state index contributed by atoms with van der Waals surface area (Å²) >= 11 is 7.20. The summed E-state index contributed by atoms with van der Waals surface area (Å²) in [7, 11) is 0. The highest BCUT2D eigenvalue weighted by Gasteiger charge is 2.17. The molecule has 0 radical (unpaired) electrons. The first-order valence-corrected chi connectivity index (χ1v) is 9.54. The predicted molar refractivity (Wildman–Crippen MR) is 104 cm³/mol. The summed E-state index contributed by atoms with van der Waals surface area (Å²) in [5.41, 5.74) is 1.75. The van der Waals surface area contributed by atoms with E-state index in [9.17, 15) is 14.9 Å². The summed E-state index contributed by atoms with van der Waals surface area (Å²) in [6.07, 6.45) is 0. The van der Waals surface area contributed by atoms with E-state index >= 15 is 0 Å². The van der Waals surface area contributed by atoms with Gasteiger partial charge in [0.15, 0.2) is 0 Å². The van der Waals surface area contributed by atoms with Crippen LogP contribution >= 0.6 is 23.4 Å². The molecule has 0 bridgehead atoms. The molecule has 1 amide bonds. The van der Waals surface area contributed by atoms with Gasteiger partial charge in [-0.1, -0.05) is 41.6 Å². The molecule has 0 aliphatic carbocycles. The van der Waals surface area contributed by atoms with Crippen LogP contribution in [0.4, 0.5) is 0 Å². The molecule has 0 saturated carbocycles. The number of amides is 1. The predicted octanol–water partition coefficient (Wildman–Crippen LogP) is 3.50. The third kappa shape index (κ3) is 5.71. The summed E-state index contributed by atoms with van der Waals surface area (Å²) in [6.45, 7) is 3.92. The van der Waals surface area contributed by atoms with Crippen LogP contribution in [0, 0.1) is 18.3 Å². The zero-order valence-corrected chi connectivity index (χ0v) is 16.5. The molecule has 1 heterocycles. The monoisotopic (exact) mass is 403 g/mol. The first-order chi connectivity index (χ1) is 13.0. The molecule has 2 rings (SSSR count). The Morgan fingerprint density at radius 2 is 2.11 bits per heavy atom. The van der Waals surface area contributed by atoms with Gasteiger partial charge in [0.1, 0.15) is 11.1 Å². The van der Waals surface area contributed by atoms with E-state index in [1.54, 1.807) is 19.9 Å². The van der Waals surface area contributed by atoms with Gasteiger partial charge in [-0.15, -0.1) is 0 Å². The quantitative estimate of drug-likeness (QED) is 0.561. The zero-order valence-electron chi connectivity index (χ0n) is 14.9. The van der Waals surface area contributed by atoms with Crippen molar-refractivity contribution in [2.75, 3.05) is 12.4 Å². The fourth-order valence-electron chi connectivity index (χ4n) is 2.21. The van der Waals surface area contributed by atoms with Crippen molar-refractivity contribution < 1.29 is 14.3 Å². The molecule has 0 fully saturated rings. The smallest absolute Gasteiger partial charge is 0.340 e. The molecule has 27 heavy (non-hydrogen) atoms. The van der Waals surface area contributed by atoms with Gasteiger partial charge < -0.3 is 10.1 Å². The highest BCUT2D eigenvalue weighted by atomic mass is 35.5. The molecule has 0 saturated heterocycles. The first-order valence-electron chi connectivity index (χ1n) is 8.18. The number of halogens is 1. The Bertz CT molecular complexity index is 896.